The van der Waals surface area contributed by atoms with Gasteiger partial charge in [0.05, 0.1) is 14.2 Å². The summed E-state index contributed by atoms with van der Waals surface area (Å²) in [7, 11) is 3.13. The molecule has 0 saturated heterocycles. The summed E-state index contributed by atoms with van der Waals surface area (Å²) in [6, 6.07) is 9.70. The number of hydrogen-bond acceptors (Lipinski definition) is 5. The number of hydrogen-bond donors (Lipinski definition) is 1. The van der Waals surface area contributed by atoms with Gasteiger partial charge in [-0.1, -0.05) is 0 Å². The molecular weight excluding hydrogens is 285 g/mol. The molecule has 3 rings (SSSR count). The van der Waals surface area contributed by atoms with Crippen molar-refractivity contribution in [3.8, 4) is 11.5 Å². The number of fused-ring (bicyclic) bond motifs is 1. The first kappa shape index (κ1) is 14.1. The van der Waals surface area contributed by atoms with Crippen molar-refractivity contribution in [1.29, 1.82) is 0 Å². The lowest BCUT2D eigenvalue weighted by molar-refractivity contribution is 0.358. The summed E-state index contributed by atoms with van der Waals surface area (Å²) in [6.45, 7) is 0. The van der Waals surface area contributed by atoms with E-state index >= 15 is 0 Å². The van der Waals surface area contributed by atoms with Crippen LogP contribution in [-0.4, -0.2) is 24.2 Å². The summed E-state index contributed by atoms with van der Waals surface area (Å²) in [5, 5.41) is 3.93. The molecule has 2 aromatic carbocycles. The molecule has 1 N–H and O–H groups in total. The number of rotatable bonds is 4. The zero-order chi connectivity index (χ0) is 15.5. The number of ether oxygens (including phenoxy) is 2. The maximum atomic E-state index is 13.0. The summed E-state index contributed by atoms with van der Waals surface area (Å²) >= 11 is 0. The third-order valence-corrected chi connectivity index (χ3v) is 3.26. The van der Waals surface area contributed by atoms with Crippen molar-refractivity contribution < 1.29 is 13.9 Å². The Labute approximate surface area is 126 Å². The second kappa shape index (κ2) is 5.85. The minimum atomic E-state index is -0.287. The van der Waals surface area contributed by atoms with E-state index in [1.807, 2.05) is 6.07 Å². The standard InChI is InChI=1S/C16H14FN3O2/c1-21-13-8-7-12-14(15(13)22-2)18-9-19-16(12)20-11-5-3-10(17)4-6-11/h3-9H,1-2H3,(H,18,19,20). The molecule has 0 aliphatic carbocycles. The predicted octanol–water partition coefficient (Wildman–Crippen LogP) is 3.53. The molecule has 1 aromatic heterocycles. The molecule has 0 spiro atoms. The lowest BCUT2D eigenvalue weighted by atomic mass is 10.2. The second-order valence-corrected chi connectivity index (χ2v) is 4.55. The first-order valence-corrected chi connectivity index (χ1v) is 6.61. The summed E-state index contributed by atoms with van der Waals surface area (Å²) in [5.41, 5.74) is 1.37. The van der Waals surface area contributed by atoms with Gasteiger partial charge in [-0.05, 0) is 36.4 Å². The van der Waals surface area contributed by atoms with E-state index < -0.39 is 0 Å². The van der Waals surface area contributed by atoms with Gasteiger partial charge in [0.25, 0.3) is 0 Å². The SMILES string of the molecule is COc1ccc2c(Nc3ccc(F)cc3)ncnc2c1OC. The molecule has 6 heteroatoms. The Balaban J connectivity index is 2.09. The highest BCUT2D eigenvalue weighted by Gasteiger charge is 2.13. The minimum absolute atomic E-state index is 0.287. The van der Waals surface area contributed by atoms with E-state index in [0.717, 1.165) is 11.1 Å². The van der Waals surface area contributed by atoms with E-state index in [4.69, 9.17) is 9.47 Å². The van der Waals surface area contributed by atoms with Gasteiger partial charge in [0.1, 0.15) is 23.5 Å². The average molecular weight is 299 g/mol. The zero-order valence-electron chi connectivity index (χ0n) is 12.1. The third-order valence-electron chi connectivity index (χ3n) is 3.26. The van der Waals surface area contributed by atoms with E-state index in [0.29, 0.717) is 22.8 Å². The minimum Gasteiger partial charge on any atom is -0.493 e. The van der Waals surface area contributed by atoms with Gasteiger partial charge in [-0.25, -0.2) is 14.4 Å². The fourth-order valence-electron chi connectivity index (χ4n) is 2.21. The van der Waals surface area contributed by atoms with E-state index in [-0.39, 0.29) is 5.82 Å². The van der Waals surface area contributed by atoms with Gasteiger partial charge < -0.3 is 14.8 Å². The summed E-state index contributed by atoms with van der Waals surface area (Å²) in [4.78, 5) is 8.50. The first-order valence-electron chi connectivity index (χ1n) is 6.61. The largest absolute Gasteiger partial charge is 0.493 e. The van der Waals surface area contributed by atoms with E-state index in [1.165, 1.54) is 18.5 Å². The predicted molar refractivity (Wildman–Crippen MR) is 82.3 cm³/mol. The molecule has 1 heterocycles. The Bertz CT molecular complexity index is 806. The molecule has 5 nitrogen and oxygen atoms in total. The second-order valence-electron chi connectivity index (χ2n) is 4.55. The number of nitrogens with one attached hydrogen (secondary N) is 1. The number of nitrogens with zero attached hydrogens (tertiary/aromatic N) is 2. The Morgan fingerprint density at radius 1 is 0.955 bits per heavy atom. The van der Waals surface area contributed by atoms with Crippen molar-refractivity contribution in [2.24, 2.45) is 0 Å². The summed E-state index contributed by atoms with van der Waals surface area (Å²) < 4.78 is 23.6. The highest BCUT2D eigenvalue weighted by molar-refractivity contribution is 5.95. The Hall–Kier alpha value is -2.89. The molecule has 0 atom stereocenters. The van der Waals surface area contributed by atoms with Crippen molar-refractivity contribution in [3.63, 3.8) is 0 Å². The van der Waals surface area contributed by atoms with Crippen molar-refractivity contribution in [2.45, 2.75) is 0 Å². The molecule has 0 bridgehead atoms. The summed E-state index contributed by atoms with van der Waals surface area (Å²) in [5.74, 6) is 1.47. The van der Waals surface area contributed by atoms with Crippen LogP contribution in [0.3, 0.4) is 0 Å². The molecule has 0 unspecified atom stereocenters. The molecule has 0 aliphatic rings. The van der Waals surface area contributed by atoms with Crippen LogP contribution in [0.25, 0.3) is 10.9 Å². The highest BCUT2D eigenvalue weighted by Crippen LogP contribution is 2.36. The molecular formula is C16H14FN3O2. The van der Waals surface area contributed by atoms with Crippen LogP contribution in [0, 0.1) is 5.82 Å². The topological polar surface area (TPSA) is 56.3 Å². The van der Waals surface area contributed by atoms with Crippen molar-refractivity contribution >= 4 is 22.4 Å². The molecule has 0 fully saturated rings. The lowest BCUT2D eigenvalue weighted by Crippen LogP contribution is -1.98. The first-order chi connectivity index (χ1) is 10.7. The van der Waals surface area contributed by atoms with Crippen LogP contribution in [-0.2, 0) is 0 Å². The maximum Gasteiger partial charge on any atom is 0.187 e. The van der Waals surface area contributed by atoms with Gasteiger partial charge in [-0.15, -0.1) is 0 Å². The van der Waals surface area contributed by atoms with Crippen LogP contribution in [0.15, 0.2) is 42.7 Å². The summed E-state index contributed by atoms with van der Waals surface area (Å²) in [6.07, 6.45) is 1.44. The van der Waals surface area contributed by atoms with Crippen molar-refractivity contribution in [2.75, 3.05) is 19.5 Å². The maximum absolute atomic E-state index is 13.0. The third kappa shape index (κ3) is 2.50. The zero-order valence-corrected chi connectivity index (χ0v) is 12.1. The van der Waals surface area contributed by atoms with Gasteiger partial charge >= 0.3 is 0 Å². The van der Waals surface area contributed by atoms with Crippen molar-refractivity contribution in [1.82, 2.24) is 9.97 Å². The van der Waals surface area contributed by atoms with Gasteiger partial charge in [-0.2, -0.15) is 0 Å². The Morgan fingerprint density at radius 2 is 1.73 bits per heavy atom. The van der Waals surface area contributed by atoms with Crippen LogP contribution in [0.4, 0.5) is 15.9 Å². The number of halogens is 1. The Morgan fingerprint density at radius 3 is 2.41 bits per heavy atom. The number of methoxy groups -OCH3 is 2. The Kier molecular flexibility index (Phi) is 3.74. The van der Waals surface area contributed by atoms with Gasteiger partial charge in [0, 0.05) is 11.1 Å². The fourth-order valence-corrected chi connectivity index (χ4v) is 2.21. The van der Waals surface area contributed by atoms with Crippen LogP contribution in [0.1, 0.15) is 0 Å². The van der Waals surface area contributed by atoms with E-state index in [2.05, 4.69) is 15.3 Å². The van der Waals surface area contributed by atoms with E-state index in [1.54, 1.807) is 32.4 Å². The molecule has 3 aromatic rings. The molecule has 22 heavy (non-hydrogen) atoms. The van der Waals surface area contributed by atoms with Crippen LogP contribution < -0.4 is 14.8 Å². The fraction of sp³-hybridized carbons (Fsp3) is 0.125. The highest BCUT2D eigenvalue weighted by atomic mass is 19.1. The number of anilines is 2. The molecule has 0 saturated carbocycles. The normalized spacial score (nSPS) is 10.5. The average Bonchev–Trinajstić information content (AvgIpc) is 2.56. The quantitative estimate of drug-likeness (QED) is 0.798. The molecule has 0 aliphatic heterocycles. The molecule has 0 amide bonds. The van der Waals surface area contributed by atoms with Crippen LogP contribution >= 0.6 is 0 Å². The number of benzene rings is 2. The molecule has 0 radical (unpaired) electrons. The van der Waals surface area contributed by atoms with Gasteiger partial charge in [-0.3, -0.25) is 0 Å². The van der Waals surface area contributed by atoms with Crippen LogP contribution in [0.2, 0.25) is 0 Å². The van der Waals surface area contributed by atoms with Crippen LogP contribution in [0.5, 0.6) is 11.5 Å². The van der Waals surface area contributed by atoms with Gasteiger partial charge in [0.2, 0.25) is 0 Å². The monoisotopic (exact) mass is 299 g/mol. The van der Waals surface area contributed by atoms with Crippen molar-refractivity contribution in [3.05, 3.63) is 48.5 Å². The van der Waals surface area contributed by atoms with Gasteiger partial charge in [0.15, 0.2) is 11.5 Å². The van der Waals surface area contributed by atoms with E-state index in [9.17, 15) is 4.39 Å². The molecule has 112 valence electrons. The lowest BCUT2D eigenvalue weighted by Gasteiger charge is -2.12. The number of aromatic nitrogens is 2. The smallest absolute Gasteiger partial charge is 0.187 e.